The van der Waals surface area contributed by atoms with Gasteiger partial charge >= 0.3 is 0 Å². The summed E-state index contributed by atoms with van der Waals surface area (Å²) in [4.78, 5) is 13.8. The van der Waals surface area contributed by atoms with Crippen LogP contribution in [0.3, 0.4) is 0 Å². The normalized spacial score (nSPS) is 14.8. The molecule has 0 saturated heterocycles. The lowest BCUT2D eigenvalue weighted by Gasteiger charge is -2.13. The molecule has 1 atom stereocenters. The maximum atomic E-state index is 13.7. The number of carbonyl (C=O) groups excluding carboxylic acids is 1. The molecule has 0 bridgehead atoms. The van der Waals surface area contributed by atoms with E-state index in [0.717, 1.165) is 30.2 Å². The highest BCUT2D eigenvalue weighted by molar-refractivity contribution is 8.00. The number of thioether (sulfide) groups is 1. The number of hydrogen-bond acceptors (Lipinski definition) is 5. The highest BCUT2D eigenvalue weighted by Gasteiger charge is 2.31. The first kappa shape index (κ1) is 19.1. The minimum Gasteiger partial charge on any atom is -0.325 e. The molecule has 1 aliphatic carbocycles. The van der Waals surface area contributed by atoms with E-state index in [1.165, 1.54) is 22.7 Å². The minimum atomic E-state index is -0.374. The second-order valence-electron chi connectivity index (χ2n) is 6.97. The fraction of sp³-hybridized carbons (Fsp3) is 0.350. The smallest absolute Gasteiger partial charge is 0.237 e. The molecule has 4 rings (SSSR count). The van der Waals surface area contributed by atoms with Gasteiger partial charge in [-0.15, -0.1) is 21.5 Å². The molecule has 1 saturated carbocycles. The molecule has 2 aromatic heterocycles. The number of rotatable bonds is 7. The van der Waals surface area contributed by atoms with E-state index in [-0.39, 0.29) is 17.0 Å². The van der Waals surface area contributed by atoms with E-state index in [9.17, 15) is 9.18 Å². The molecular formula is C20H21FN4OS2. The predicted octanol–water partition coefficient (Wildman–Crippen LogP) is 4.83. The van der Waals surface area contributed by atoms with E-state index in [1.54, 1.807) is 30.4 Å². The lowest BCUT2D eigenvalue weighted by molar-refractivity contribution is -0.115. The number of halogens is 1. The van der Waals surface area contributed by atoms with E-state index in [2.05, 4.69) is 31.5 Å². The number of aryl methyl sites for hydroxylation is 1. The molecule has 1 fully saturated rings. The number of amides is 1. The molecule has 1 aromatic carbocycles. The van der Waals surface area contributed by atoms with E-state index in [4.69, 9.17) is 0 Å². The minimum absolute atomic E-state index is 0.182. The van der Waals surface area contributed by atoms with Gasteiger partial charge in [-0.1, -0.05) is 23.9 Å². The third kappa shape index (κ3) is 4.28. The Morgan fingerprint density at radius 3 is 2.89 bits per heavy atom. The van der Waals surface area contributed by atoms with Crippen LogP contribution in [0.1, 0.15) is 42.1 Å². The van der Waals surface area contributed by atoms with Gasteiger partial charge in [0.25, 0.3) is 0 Å². The van der Waals surface area contributed by atoms with Crippen molar-refractivity contribution in [3.63, 3.8) is 0 Å². The highest BCUT2D eigenvalue weighted by atomic mass is 32.2. The lowest BCUT2D eigenvalue weighted by Crippen LogP contribution is -2.23. The van der Waals surface area contributed by atoms with Gasteiger partial charge in [0.15, 0.2) is 5.16 Å². The maximum absolute atomic E-state index is 13.7. The zero-order valence-electron chi connectivity index (χ0n) is 15.7. The predicted molar refractivity (Wildman–Crippen MR) is 111 cm³/mol. The Hall–Kier alpha value is -2.19. The summed E-state index contributed by atoms with van der Waals surface area (Å²) < 4.78 is 15.9. The van der Waals surface area contributed by atoms with Crippen molar-refractivity contribution in [2.45, 2.75) is 49.6 Å². The number of anilines is 1. The highest BCUT2D eigenvalue weighted by Crippen LogP contribution is 2.40. The van der Waals surface area contributed by atoms with Gasteiger partial charge in [-0.05, 0) is 55.8 Å². The number of carbonyl (C=O) groups is 1. The number of hydrogen-bond donors (Lipinski definition) is 1. The Balaban J connectivity index is 1.46. The third-order valence-electron chi connectivity index (χ3n) is 4.65. The fourth-order valence-corrected chi connectivity index (χ4v) is 4.54. The second kappa shape index (κ2) is 8.05. The quantitative estimate of drug-likeness (QED) is 0.560. The third-order valence-corrected chi connectivity index (χ3v) is 6.58. The number of nitrogens with one attached hydrogen (secondary N) is 1. The Bertz CT molecular complexity index is 982. The summed E-state index contributed by atoms with van der Waals surface area (Å²) in [6.45, 7) is 3.52. The summed E-state index contributed by atoms with van der Waals surface area (Å²) in [6, 6.07) is 9.27. The van der Waals surface area contributed by atoms with E-state index in [1.807, 2.05) is 13.0 Å². The van der Waals surface area contributed by atoms with Crippen LogP contribution >= 0.6 is 23.1 Å². The standard InChI is InChI=1S/C20H21FN4OS2/c1-12-5-6-14(10-17(12)21)22-19(26)13(2)28-20-24-23-18(25(20)15-7-8-15)11-16-4-3-9-27-16/h3-6,9-10,13,15H,7-8,11H2,1-2H3,(H,22,26)/t13-/m1/s1. The Morgan fingerprint density at radius 1 is 1.39 bits per heavy atom. The SMILES string of the molecule is Cc1ccc(NC(=O)[C@@H](C)Sc2nnc(Cc3cccs3)n2C2CC2)cc1F. The molecule has 5 nitrogen and oxygen atoms in total. The van der Waals surface area contributed by atoms with Crippen molar-refractivity contribution in [2.24, 2.45) is 0 Å². The van der Waals surface area contributed by atoms with Crippen LogP contribution in [0.4, 0.5) is 10.1 Å². The summed E-state index contributed by atoms with van der Waals surface area (Å²) in [5.74, 6) is 0.434. The molecule has 1 amide bonds. The molecule has 2 heterocycles. The average molecular weight is 417 g/mol. The van der Waals surface area contributed by atoms with Gasteiger partial charge in [0, 0.05) is 23.0 Å². The maximum Gasteiger partial charge on any atom is 0.237 e. The van der Waals surface area contributed by atoms with Gasteiger partial charge in [0.2, 0.25) is 5.91 Å². The molecule has 0 aliphatic heterocycles. The number of thiophene rings is 1. The Kier molecular flexibility index (Phi) is 5.50. The van der Waals surface area contributed by atoms with Crippen molar-refractivity contribution in [1.29, 1.82) is 0 Å². The van der Waals surface area contributed by atoms with Crippen LogP contribution < -0.4 is 5.32 Å². The summed E-state index contributed by atoms with van der Waals surface area (Å²) in [5, 5.41) is 14.0. The molecule has 1 N–H and O–H groups in total. The lowest BCUT2D eigenvalue weighted by atomic mass is 10.2. The van der Waals surface area contributed by atoms with Crippen molar-refractivity contribution in [2.75, 3.05) is 5.32 Å². The number of benzene rings is 1. The van der Waals surface area contributed by atoms with Crippen molar-refractivity contribution in [1.82, 2.24) is 14.8 Å². The van der Waals surface area contributed by atoms with Gasteiger partial charge in [0.1, 0.15) is 11.6 Å². The second-order valence-corrected chi connectivity index (χ2v) is 9.31. The van der Waals surface area contributed by atoms with Crippen LogP contribution in [0.5, 0.6) is 0 Å². The van der Waals surface area contributed by atoms with Crippen molar-refractivity contribution in [3.8, 4) is 0 Å². The molecule has 0 spiro atoms. The van der Waals surface area contributed by atoms with Crippen LogP contribution in [-0.2, 0) is 11.2 Å². The van der Waals surface area contributed by atoms with Gasteiger partial charge < -0.3 is 9.88 Å². The monoisotopic (exact) mass is 416 g/mol. The first-order valence-corrected chi connectivity index (χ1v) is 11.0. The van der Waals surface area contributed by atoms with Crippen molar-refractivity contribution in [3.05, 3.63) is 57.8 Å². The van der Waals surface area contributed by atoms with Crippen molar-refractivity contribution >= 4 is 34.7 Å². The van der Waals surface area contributed by atoms with Crippen molar-refractivity contribution < 1.29 is 9.18 Å². The van der Waals surface area contributed by atoms with Crippen LogP contribution in [0, 0.1) is 12.7 Å². The summed E-state index contributed by atoms with van der Waals surface area (Å²) >= 11 is 3.10. The summed E-state index contributed by atoms with van der Waals surface area (Å²) in [6.07, 6.45) is 2.99. The Morgan fingerprint density at radius 2 is 2.21 bits per heavy atom. The van der Waals surface area contributed by atoms with Crippen LogP contribution in [-0.4, -0.2) is 25.9 Å². The van der Waals surface area contributed by atoms with Crippen LogP contribution in [0.15, 0.2) is 40.9 Å². The number of aromatic nitrogens is 3. The molecule has 1 aliphatic rings. The topological polar surface area (TPSA) is 59.8 Å². The van der Waals surface area contributed by atoms with E-state index in [0.29, 0.717) is 17.3 Å². The molecule has 0 radical (unpaired) electrons. The molecule has 8 heteroatoms. The van der Waals surface area contributed by atoms with Crippen LogP contribution in [0.25, 0.3) is 0 Å². The number of nitrogens with zero attached hydrogens (tertiary/aromatic N) is 3. The van der Waals surface area contributed by atoms with E-state index < -0.39 is 0 Å². The largest absolute Gasteiger partial charge is 0.325 e. The van der Waals surface area contributed by atoms with E-state index >= 15 is 0 Å². The van der Waals surface area contributed by atoms with Gasteiger partial charge in [0.05, 0.1) is 5.25 Å². The zero-order chi connectivity index (χ0) is 19.7. The molecule has 146 valence electrons. The zero-order valence-corrected chi connectivity index (χ0v) is 17.3. The molecule has 0 unspecified atom stereocenters. The molecule has 3 aromatic rings. The summed E-state index contributed by atoms with van der Waals surface area (Å²) in [7, 11) is 0. The van der Waals surface area contributed by atoms with Gasteiger partial charge in [-0.25, -0.2) is 4.39 Å². The molecule has 28 heavy (non-hydrogen) atoms. The average Bonchev–Trinajstić information content (AvgIpc) is 3.22. The first-order valence-electron chi connectivity index (χ1n) is 9.21. The van der Waals surface area contributed by atoms with Crippen LogP contribution in [0.2, 0.25) is 0 Å². The first-order chi connectivity index (χ1) is 13.5. The Labute approximate surface area is 171 Å². The fourth-order valence-electron chi connectivity index (χ4n) is 2.90. The molecular weight excluding hydrogens is 395 g/mol. The van der Waals surface area contributed by atoms with Gasteiger partial charge in [-0.2, -0.15) is 0 Å². The summed E-state index contributed by atoms with van der Waals surface area (Å²) in [5.41, 5.74) is 1.01. The van der Waals surface area contributed by atoms with Gasteiger partial charge in [-0.3, -0.25) is 4.79 Å².